The van der Waals surface area contributed by atoms with E-state index in [1.807, 2.05) is 11.8 Å². The number of hydrogen-bond donors (Lipinski definition) is 1. The van der Waals surface area contributed by atoms with Crippen LogP contribution in [-0.2, 0) is 17.2 Å². The third-order valence-electron chi connectivity index (χ3n) is 2.87. The Kier molecular flexibility index (Phi) is 5.07. The molecular weight excluding hydrogens is 250 g/mol. The lowest BCUT2D eigenvalue weighted by molar-refractivity contribution is 0.648. The van der Waals surface area contributed by atoms with Crippen molar-refractivity contribution in [2.75, 3.05) is 25.1 Å². The number of thioether (sulfide) groups is 1. The van der Waals surface area contributed by atoms with Crippen molar-refractivity contribution in [1.82, 2.24) is 5.32 Å². The zero-order chi connectivity index (χ0) is 12.1. The fraction of sp³-hybridized carbons (Fsp3) is 0.538. The van der Waals surface area contributed by atoms with Gasteiger partial charge in [0.25, 0.3) is 0 Å². The average Bonchev–Trinajstić information content (AvgIpc) is 2.70. The van der Waals surface area contributed by atoms with Crippen molar-refractivity contribution in [3.8, 4) is 0 Å². The second-order valence-electron chi connectivity index (χ2n) is 4.39. The Balaban J connectivity index is 1.65. The highest BCUT2D eigenvalue weighted by Crippen LogP contribution is 2.36. The average molecular weight is 269 g/mol. The molecule has 0 bridgehead atoms. The summed E-state index contributed by atoms with van der Waals surface area (Å²) in [6, 6.07) is 8.66. The highest BCUT2D eigenvalue weighted by molar-refractivity contribution is 8.00. The highest BCUT2D eigenvalue weighted by atomic mass is 32.2. The summed E-state index contributed by atoms with van der Waals surface area (Å²) in [5.41, 5.74) is 1.49. The predicted molar refractivity (Wildman–Crippen MR) is 76.2 cm³/mol. The fourth-order valence-corrected chi connectivity index (χ4v) is 3.87. The minimum absolute atomic E-state index is 0.649. The summed E-state index contributed by atoms with van der Waals surface area (Å²) in [5, 5.41) is 4.13. The van der Waals surface area contributed by atoms with Crippen LogP contribution in [0.5, 0.6) is 0 Å². The van der Waals surface area contributed by atoms with Crippen molar-refractivity contribution in [2.24, 2.45) is 0 Å². The Morgan fingerprint density at radius 3 is 3.06 bits per heavy atom. The van der Waals surface area contributed by atoms with Gasteiger partial charge in [0, 0.05) is 39.5 Å². The van der Waals surface area contributed by atoms with Gasteiger partial charge >= 0.3 is 0 Å². The Hall–Kier alpha value is -0.320. The van der Waals surface area contributed by atoms with E-state index < -0.39 is 10.8 Å². The van der Waals surface area contributed by atoms with Crippen LogP contribution in [0.2, 0.25) is 0 Å². The molecule has 0 saturated heterocycles. The van der Waals surface area contributed by atoms with E-state index in [-0.39, 0.29) is 0 Å². The molecule has 2 unspecified atom stereocenters. The van der Waals surface area contributed by atoms with Gasteiger partial charge in [0.2, 0.25) is 0 Å². The van der Waals surface area contributed by atoms with Crippen molar-refractivity contribution in [3.05, 3.63) is 29.8 Å². The van der Waals surface area contributed by atoms with Gasteiger partial charge in [-0.15, -0.1) is 11.8 Å². The van der Waals surface area contributed by atoms with Gasteiger partial charge in [-0.2, -0.15) is 0 Å². The molecule has 17 heavy (non-hydrogen) atoms. The third-order valence-corrected chi connectivity index (χ3v) is 5.05. The SMILES string of the molecule is CS(=O)CCCNCC1Cc2ccccc2S1. The second kappa shape index (κ2) is 6.57. The molecule has 94 valence electrons. The van der Waals surface area contributed by atoms with Crippen molar-refractivity contribution in [1.29, 1.82) is 0 Å². The Morgan fingerprint density at radius 2 is 2.29 bits per heavy atom. The molecule has 1 aromatic rings. The zero-order valence-corrected chi connectivity index (χ0v) is 11.8. The maximum absolute atomic E-state index is 10.9. The largest absolute Gasteiger partial charge is 0.316 e. The van der Waals surface area contributed by atoms with Gasteiger partial charge in [-0.05, 0) is 31.0 Å². The van der Waals surface area contributed by atoms with Gasteiger partial charge in [-0.1, -0.05) is 18.2 Å². The van der Waals surface area contributed by atoms with Crippen LogP contribution >= 0.6 is 11.8 Å². The molecule has 1 N–H and O–H groups in total. The first kappa shape index (κ1) is 13.1. The van der Waals surface area contributed by atoms with Crippen LogP contribution in [0.1, 0.15) is 12.0 Å². The Morgan fingerprint density at radius 1 is 1.47 bits per heavy atom. The minimum Gasteiger partial charge on any atom is -0.316 e. The number of hydrogen-bond acceptors (Lipinski definition) is 3. The van der Waals surface area contributed by atoms with E-state index in [2.05, 4.69) is 29.6 Å². The van der Waals surface area contributed by atoms with E-state index in [0.717, 1.165) is 25.3 Å². The van der Waals surface area contributed by atoms with E-state index >= 15 is 0 Å². The summed E-state index contributed by atoms with van der Waals surface area (Å²) >= 11 is 1.98. The molecule has 0 saturated carbocycles. The molecule has 4 heteroatoms. The van der Waals surface area contributed by atoms with E-state index in [4.69, 9.17) is 0 Å². The van der Waals surface area contributed by atoms with E-state index in [1.165, 1.54) is 16.9 Å². The zero-order valence-electron chi connectivity index (χ0n) is 10.1. The van der Waals surface area contributed by atoms with Crippen molar-refractivity contribution >= 4 is 22.6 Å². The lowest BCUT2D eigenvalue weighted by atomic mass is 10.1. The van der Waals surface area contributed by atoms with E-state index in [0.29, 0.717) is 5.25 Å². The molecular formula is C13H19NOS2. The number of fused-ring (bicyclic) bond motifs is 1. The molecule has 0 spiro atoms. The van der Waals surface area contributed by atoms with Crippen LogP contribution in [0.25, 0.3) is 0 Å². The van der Waals surface area contributed by atoms with Crippen LogP contribution in [0.4, 0.5) is 0 Å². The molecule has 0 aromatic heterocycles. The molecule has 1 aliphatic heterocycles. The first-order chi connectivity index (χ1) is 8.25. The van der Waals surface area contributed by atoms with Gasteiger partial charge in [-0.25, -0.2) is 0 Å². The summed E-state index contributed by atoms with van der Waals surface area (Å²) in [6.07, 6.45) is 3.95. The smallest absolute Gasteiger partial charge is 0.0260 e. The number of nitrogens with one attached hydrogen (secondary N) is 1. The lowest BCUT2D eigenvalue weighted by Gasteiger charge is -2.09. The minimum atomic E-state index is -0.649. The van der Waals surface area contributed by atoms with Gasteiger partial charge in [0.05, 0.1) is 0 Å². The topological polar surface area (TPSA) is 29.1 Å². The summed E-state index contributed by atoms with van der Waals surface area (Å²) in [7, 11) is -0.649. The fourth-order valence-electron chi connectivity index (χ4n) is 2.03. The molecule has 1 aliphatic rings. The molecule has 2 rings (SSSR count). The first-order valence-corrected chi connectivity index (χ1v) is 8.61. The van der Waals surface area contributed by atoms with Crippen LogP contribution in [-0.4, -0.2) is 34.6 Å². The summed E-state index contributed by atoms with van der Waals surface area (Å²) in [5.74, 6) is 0.811. The maximum Gasteiger partial charge on any atom is 0.0260 e. The summed E-state index contributed by atoms with van der Waals surface area (Å²) < 4.78 is 10.9. The number of rotatable bonds is 6. The standard InChI is InChI=1S/C13H19NOS2/c1-17(15)8-4-7-14-10-12-9-11-5-2-3-6-13(11)16-12/h2-3,5-6,12,14H,4,7-10H2,1H3. The number of benzene rings is 1. The molecule has 0 fully saturated rings. The molecule has 0 amide bonds. The maximum atomic E-state index is 10.9. The lowest BCUT2D eigenvalue weighted by Crippen LogP contribution is -2.26. The summed E-state index contributed by atoms with van der Waals surface area (Å²) in [4.78, 5) is 1.44. The van der Waals surface area contributed by atoms with Crippen molar-refractivity contribution in [2.45, 2.75) is 23.0 Å². The molecule has 2 atom stereocenters. The van der Waals surface area contributed by atoms with Gasteiger partial charge < -0.3 is 5.32 Å². The Bertz CT molecular complexity index is 370. The quantitative estimate of drug-likeness (QED) is 0.802. The van der Waals surface area contributed by atoms with Crippen molar-refractivity contribution < 1.29 is 4.21 Å². The Labute approximate surface area is 110 Å². The molecule has 0 radical (unpaired) electrons. The van der Waals surface area contributed by atoms with Gasteiger partial charge in [0.15, 0.2) is 0 Å². The molecule has 1 heterocycles. The van der Waals surface area contributed by atoms with E-state index in [1.54, 1.807) is 6.26 Å². The van der Waals surface area contributed by atoms with Crippen LogP contribution in [0.3, 0.4) is 0 Å². The molecule has 2 nitrogen and oxygen atoms in total. The third kappa shape index (κ3) is 4.12. The monoisotopic (exact) mass is 269 g/mol. The normalized spacial score (nSPS) is 20.2. The van der Waals surface area contributed by atoms with Crippen molar-refractivity contribution in [3.63, 3.8) is 0 Å². The second-order valence-corrected chi connectivity index (χ2v) is 7.28. The van der Waals surface area contributed by atoms with Crippen LogP contribution in [0.15, 0.2) is 29.2 Å². The van der Waals surface area contributed by atoms with Gasteiger partial charge in [-0.3, -0.25) is 4.21 Å². The highest BCUT2D eigenvalue weighted by Gasteiger charge is 2.20. The first-order valence-electron chi connectivity index (χ1n) is 6.01. The molecule has 0 aliphatic carbocycles. The van der Waals surface area contributed by atoms with Gasteiger partial charge in [0.1, 0.15) is 0 Å². The van der Waals surface area contributed by atoms with Crippen LogP contribution in [0, 0.1) is 0 Å². The van der Waals surface area contributed by atoms with Crippen LogP contribution < -0.4 is 5.32 Å². The summed E-state index contributed by atoms with van der Waals surface area (Å²) in [6.45, 7) is 2.03. The predicted octanol–water partition coefficient (Wildman–Crippen LogP) is 2.06. The van der Waals surface area contributed by atoms with E-state index in [9.17, 15) is 4.21 Å². The molecule has 1 aromatic carbocycles.